The molecule has 2 aromatic heterocycles. The SMILES string of the molecule is CC(C)(C)c1cc2c3c(c1)-n1c4ccc(Cl)cc4c4cc(Cl)cc(c41)B3n1c3ccc(C(C)(C)C)cc3c3cc(C(C)(C)C)cc-2c31. The van der Waals surface area contributed by atoms with Crippen LogP contribution in [0.4, 0.5) is 0 Å². The average molecular weight is 654 g/mol. The first-order valence-electron chi connectivity index (χ1n) is 16.8. The molecule has 0 radical (unpaired) electrons. The number of benzene rings is 5. The molecule has 0 amide bonds. The first-order valence-corrected chi connectivity index (χ1v) is 17.5. The van der Waals surface area contributed by atoms with Gasteiger partial charge in [0.2, 0.25) is 0 Å². The Morgan fingerprint density at radius 3 is 1.79 bits per heavy atom. The molecule has 47 heavy (non-hydrogen) atoms. The molecule has 4 heterocycles. The highest BCUT2D eigenvalue weighted by Gasteiger charge is 2.43. The van der Waals surface area contributed by atoms with E-state index in [0.717, 1.165) is 26.3 Å². The molecule has 2 aliphatic rings. The Hall–Kier alpha value is -3.66. The van der Waals surface area contributed by atoms with Gasteiger partial charge < -0.3 is 9.05 Å². The van der Waals surface area contributed by atoms with Crippen molar-refractivity contribution < 1.29 is 0 Å². The molecule has 2 nitrogen and oxygen atoms in total. The Balaban J connectivity index is 1.56. The fourth-order valence-electron chi connectivity index (χ4n) is 8.32. The van der Waals surface area contributed by atoms with E-state index in [1.807, 2.05) is 6.07 Å². The summed E-state index contributed by atoms with van der Waals surface area (Å²) in [5.74, 6) is 0. The van der Waals surface area contributed by atoms with Crippen LogP contribution in [0.5, 0.6) is 0 Å². The van der Waals surface area contributed by atoms with Gasteiger partial charge in [-0.1, -0.05) is 97.6 Å². The van der Waals surface area contributed by atoms with Crippen molar-refractivity contribution in [2.24, 2.45) is 0 Å². The molecule has 7 aromatic rings. The molecule has 0 spiro atoms. The lowest BCUT2D eigenvalue weighted by atomic mass is 9.45. The van der Waals surface area contributed by atoms with Gasteiger partial charge in [-0.2, -0.15) is 0 Å². The third-order valence-electron chi connectivity index (χ3n) is 10.8. The summed E-state index contributed by atoms with van der Waals surface area (Å²) in [6.45, 7) is 20.9. The first kappa shape index (κ1) is 29.5. The summed E-state index contributed by atoms with van der Waals surface area (Å²) >= 11 is 13.7. The Morgan fingerprint density at radius 2 is 1.09 bits per heavy atom. The van der Waals surface area contributed by atoms with Crippen LogP contribution in [-0.4, -0.2) is 15.9 Å². The highest BCUT2D eigenvalue weighted by molar-refractivity contribution is 6.90. The van der Waals surface area contributed by atoms with Crippen LogP contribution in [-0.2, 0) is 16.2 Å². The van der Waals surface area contributed by atoms with Gasteiger partial charge in [-0.15, -0.1) is 0 Å². The minimum Gasteiger partial charge on any atom is -0.375 e. The van der Waals surface area contributed by atoms with E-state index >= 15 is 0 Å². The number of hydrogen-bond donors (Lipinski definition) is 0. The normalized spacial score (nSPS) is 14.2. The molecular weight excluding hydrogens is 614 g/mol. The predicted molar refractivity (Wildman–Crippen MR) is 206 cm³/mol. The van der Waals surface area contributed by atoms with Crippen molar-refractivity contribution >= 4 is 84.6 Å². The molecule has 0 aliphatic carbocycles. The molecule has 0 bridgehead atoms. The van der Waals surface area contributed by atoms with E-state index in [1.54, 1.807) is 0 Å². The molecule has 0 unspecified atom stereocenters. The lowest BCUT2D eigenvalue weighted by Crippen LogP contribution is -2.55. The molecule has 9 rings (SSSR count). The third kappa shape index (κ3) is 3.94. The molecular formula is C42H39BCl2N2. The van der Waals surface area contributed by atoms with Crippen LogP contribution < -0.4 is 10.9 Å². The zero-order valence-electron chi connectivity index (χ0n) is 28.7. The minimum absolute atomic E-state index is 0.0124. The predicted octanol–water partition coefficient (Wildman–Crippen LogP) is 11.0. The Morgan fingerprint density at radius 1 is 0.511 bits per heavy atom. The number of fused-ring (bicyclic) bond motifs is 10. The highest BCUT2D eigenvalue weighted by atomic mass is 35.5. The van der Waals surface area contributed by atoms with Crippen molar-refractivity contribution in [3.8, 4) is 16.8 Å². The maximum Gasteiger partial charge on any atom is 0.333 e. The Kier molecular flexibility index (Phi) is 5.69. The van der Waals surface area contributed by atoms with Crippen LogP contribution in [0.1, 0.15) is 79.0 Å². The fraction of sp³-hybridized carbons (Fsp3) is 0.286. The summed E-state index contributed by atoms with van der Waals surface area (Å²) in [6.07, 6.45) is 0. The van der Waals surface area contributed by atoms with Crippen LogP contribution in [0.3, 0.4) is 0 Å². The summed E-state index contributed by atoms with van der Waals surface area (Å²) < 4.78 is 5.14. The second-order valence-corrected chi connectivity index (χ2v) is 17.9. The van der Waals surface area contributed by atoms with E-state index in [9.17, 15) is 0 Å². The molecule has 2 aliphatic heterocycles. The van der Waals surface area contributed by atoms with Crippen LogP contribution in [0.15, 0.2) is 72.8 Å². The van der Waals surface area contributed by atoms with E-state index in [0.29, 0.717) is 0 Å². The van der Waals surface area contributed by atoms with Crippen molar-refractivity contribution in [1.29, 1.82) is 0 Å². The summed E-state index contributed by atoms with van der Waals surface area (Å²) in [5, 5.41) is 6.42. The molecule has 5 aromatic carbocycles. The van der Waals surface area contributed by atoms with Crippen molar-refractivity contribution in [2.75, 3.05) is 0 Å². The molecule has 234 valence electrons. The second-order valence-electron chi connectivity index (χ2n) is 17.0. The minimum atomic E-state index is -0.0425. The summed E-state index contributed by atoms with van der Waals surface area (Å²) in [4.78, 5) is 0. The molecule has 0 atom stereocenters. The van der Waals surface area contributed by atoms with E-state index in [2.05, 4.69) is 138 Å². The van der Waals surface area contributed by atoms with Crippen LogP contribution in [0.25, 0.3) is 60.4 Å². The Labute approximate surface area is 287 Å². The van der Waals surface area contributed by atoms with Gasteiger partial charge in [0, 0.05) is 53.9 Å². The van der Waals surface area contributed by atoms with E-state index in [4.69, 9.17) is 23.2 Å². The monoisotopic (exact) mass is 652 g/mol. The van der Waals surface area contributed by atoms with E-state index in [1.165, 1.54) is 71.8 Å². The quantitative estimate of drug-likeness (QED) is 0.144. The number of rotatable bonds is 0. The van der Waals surface area contributed by atoms with Gasteiger partial charge in [0.25, 0.3) is 0 Å². The number of hydrogen-bond acceptors (Lipinski definition) is 0. The van der Waals surface area contributed by atoms with Crippen molar-refractivity contribution in [3.63, 3.8) is 0 Å². The Bertz CT molecular complexity index is 2540. The van der Waals surface area contributed by atoms with Crippen LogP contribution in [0, 0.1) is 0 Å². The average Bonchev–Trinajstić information content (AvgIpc) is 3.48. The van der Waals surface area contributed by atoms with E-state index < -0.39 is 0 Å². The summed E-state index contributed by atoms with van der Waals surface area (Å²) in [6, 6.07) is 27.7. The van der Waals surface area contributed by atoms with Gasteiger partial charge in [-0.3, -0.25) is 0 Å². The van der Waals surface area contributed by atoms with Crippen LogP contribution in [0.2, 0.25) is 10.0 Å². The van der Waals surface area contributed by atoms with Gasteiger partial charge >= 0.3 is 6.85 Å². The standard InChI is InChI=1S/C42H39BCl2N2/c1-40(2,3)22-10-12-35-27(14-22)30-16-23(41(4,5)6)17-31-29-15-24(42(7,8)9)18-36-37(29)43(47(35)38(30)31)33-21-26(45)20-32-28-19-25(44)11-13-34(28)46(36)39(32)33/h10-21H,1-9H3. The summed E-state index contributed by atoms with van der Waals surface area (Å²) in [5.41, 5.74) is 15.5. The van der Waals surface area contributed by atoms with Crippen molar-refractivity contribution in [3.05, 3.63) is 99.5 Å². The largest absolute Gasteiger partial charge is 0.375 e. The molecule has 5 heteroatoms. The van der Waals surface area contributed by atoms with Crippen molar-refractivity contribution in [2.45, 2.75) is 78.6 Å². The molecule has 0 saturated heterocycles. The van der Waals surface area contributed by atoms with Gasteiger partial charge in [-0.05, 0) is 110 Å². The zero-order valence-corrected chi connectivity index (χ0v) is 30.2. The zero-order chi connectivity index (χ0) is 33.1. The first-order chi connectivity index (χ1) is 22.0. The van der Waals surface area contributed by atoms with Gasteiger partial charge in [0.15, 0.2) is 0 Å². The molecule has 0 N–H and O–H groups in total. The number of aromatic nitrogens is 2. The third-order valence-corrected chi connectivity index (χ3v) is 11.3. The topological polar surface area (TPSA) is 9.86 Å². The lowest BCUT2D eigenvalue weighted by molar-refractivity contribution is 0.589. The smallest absolute Gasteiger partial charge is 0.333 e. The number of nitrogens with zero attached hydrogens (tertiary/aromatic N) is 2. The van der Waals surface area contributed by atoms with Crippen molar-refractivity contribution in [1.82, 2.24) is 9.05 Å². The highest BCUT2D eigenvalue weighted by Crippen LogP contribution is 2.47. The number of halogens is 2. The molecule has 0 fully saturated rings. The van der Waals surface area contributed by atoms with Crippen LogP contribution >= 0.6 is 23.2 Å². The maximum absolute atomic E-state index is 7.05. The fourth-order valence-corrected chi connectivity index (χ4v) is 8.72. The van der Waals surface area contributed by atoms with Gasteiger partial charge in [0.1, 0.15) is 0 Å². The van der Waals surface area contributed by atoms with Gasteiger partial charge in [-0.25, -0.2) is 0 Å². The van der Waals surface area contributed by atoms with E-state index in [-0.39, 0.29) is 23.1 Å². The summed E-state index contributed by atoms with van der Waals surface area (Å²) in [7, 11) is 0. The lowest BCUT2D eigenvalue weighted by Gasteiger charge is -2.36. The second kappa shape index (κ2) is 9.07. The van der Waals surface area contributed by atoms with Gasteiger partial charge in [0.05, 0.1) is 11.0 Å². The molecule has 0 saturated carbocycles. The maximum atomic E-state index is 7.05.